The molecule has 1 aromatic carbocycles. The molecule has 3 aromatic rings. The van der Waals surface area contributed by atoms with Gasteiger partial charge in [-0.25, -0.2) is 9.97 Å². The van der Waals surface area contributed by atoms with E-state index in [4.69, 9.17) is 9.72 Å². The molecule has 0 saturated heterocycles. The zero-order valence-electron chi connectivity index (χ0n) is 12.4. The molecule has 0 saturated carbocycles. The molecule has 2 aromatic heterocycles. The van der Waals surface area contributed by atoms with Gasteiger partial charge in [0, 0.05) is 13.2 Å². The fraction of sp³-hybridized carbons (Fsp3) is 0.250. The van der Waals surface area contributed by atoms with Crippen LogP contribution in [0.3, 0.4) is 0 Å². The Morgan fingerprint density at radius 3 is 2.76 bits per heavy atom. The van der Waals surface area contributed by atoms with Gasteiger partial charge in [-0.1, -0.05) is 12.1 Å². The first-order valence-electron chi connectivity index (χ1n) is 6.87. The quantitative estimate of drug-likeness (QED) is 0.798. The van der Waals surface area contributed by atoms with E-state index in [0.717, 1.165) is 22.5 Å². The summed E-state index contributed by atoms with van der Waals surface area (Å²) in [5, 5.41) is 3.41. The zero-order valence-corrected chi connectivity index (χ0v) is 12.4. The lowest BCUT2D eigenvalue weighted by molar-refractivity contribution is 0.399. The predicted molar refractivity (Wildman–Crippen MR) is 83.5 cm³/mol. The minimum atomic E-state index is 0.0421. The fourth-order valence-electron chi connectivity index (χ4n) is 2.51. The number of hydrogen-bond donors (Lipinski definition) is 1. The molecule has 1 atom stereocenters. The normalized spacial score (nSPS) is 12.3. The Kier molecular flexibility index (Phi) is 3.48. The number of ether oxygens (including phenoxy) is 1. The van der Waals surface area contributed by atoms with Crippen molar-refractivity contribution in [1.29, 1.82) is 0 Å². The zero-order chi connectivity index (χ0) is 14.8. The number of fused-ring (bicyclic) bond motifs is 1. The molecule has 0 aliphatic heterocycles. The lowest BCUT2D eigenvalue weighted by Gasteiger charge is -2.16. The summed E-state index contributed by atoms with van der Waals surface area (Å²) < 4.78 is 7.38. The van der Waals surface area contributed by atoms with Crippen molar-refractivity contribution < 1.29 is 4.74 Å². The minimum absolute atomic E-state index is 0.0421. The summed E-state index contributed by atoms with van der Waals surface area (Å²) >= 11 is 0. The third-order valence-electron chi connectivity index (χ3n) is 3.55. The largest absolute Gasteiger partial charge is 0.480 e. The highest BCUT2D eigenvalue weighted by Gasteiger charge is 2.15. The standard InChI is InChI=1S/C16H18N4O/c1-11(18-13-8-6-10-17-16(13)21-3)15-19-12-7-4-5-9-14(12)20(15)2/h4-11,18H,1-3H3. The maximum Gasteiger partial charge on any atom is 0.237 e. The number of aromatic nitrogens is 3. The van der Waals surface area contributed by atoms with Gasteiger partial charge in [0.05, 0.1) is 29.9 Å². The summed E-state index contributed by atoms with van der Waals surface area (Å²) in [6.45, 7) is 2.08. The van der Waals surface area contributed by atoms with Gasteiger partial charge in [0.25, 0.3) is 0 Å². The average molecular weight is 282 g/mol. The SMILES string of the molecule is COc1ncccc1NC(C)c1nc2ccccc2n1C. The number of aryl methyl sites for hydroxylation is 1. The first kappa shape index (κ1) is 13.4. The minimum Gasteiger partial charge on any atom is -0.480 e. The van der Waals surface area contributed by atoms with Crippen molar-refractivity contribution in [1.82, 2.24) is 14.5 Å². The van der Waals surface area contributed by atoms with Crippen LogP contribution >= 0.6 is 0 Å². The van der Waals surface area contributed by atoms with Gasteiger partial charge < -0.3 is 14.6 Å². The van der Waals surface area contributed by atoms with Crippen molar-refractivity contribution in [3.8, 4) is 5.88 Å². The van der Waals surface area contributed by atoms with Crippen molar-refractivity contribution in [2.45, 2.75) is 13.0 Å². The fourth-order valence-corrected chi connectivity index (χ4v) is 2.51. The maximum absolute atomic E-state index is 5.27. The molecule has 0 spiro atoms. The molecule has 2 heterocycles. The number of nitrogens with zero attached hydrogens (tertiary/aromatic N) is 3. The number of imidazole rings is 1. The van der Waals surface area contributed by atoms with E-state index >= 15 is 0 Å². The maximum atomic E-state index is 5.27. The van der Waals surface area contributed by atoms with Crippen LogP contribution in [0.2, 0.25) is 0 Å². The first-order chi connectivity index (χ1) is 10.2. The second kappa shape index (κ2) is 5.44. The number of anilines is 1. The number of benzene rings is 1. The Morgan fingerprint density at radius 1 is 1.19 bits per heavy atom. The van der Waals surface area contributed by atoms with Crippen LogP contribution in [-0.4, -0.2) is 21.6 Å². The van der Waals surface area contributed by atoms with Gasteiger partial charge in [0.1, 0.15) is 5.82 Å². The number of rotatable bonds is 4. The number of para-hydroxylation sites is 2. The molecule has 0 amide bonds. The van der Waals surface area contributed by atoms with Gasteiger partial charge >= 0.3 is 0 Å². The van der Waals surface area contributed by atoms with Crippen molar-refractivity contribution in [3.05, 3.63) is 48.4 Å². The molecule has 0 bridgehead atoms. The van der Waals surface area contributed by atoms with E-state index in [1.807, 2.05) is 37.4 Å². The highest BCUT2D eigenvalue weighted by atomic mass is 16.5. The molecule has 0 aliphatic carbocycles. The van der Waals surface area contributed by atoms with Crippen LogP contribution < -0.4 is 10.1 Å². The van der Waals surface area contributed by atoms with Crippen molar-refractivity contribution in [2.75, 3.05) is 12.4 Å². The summed E-state index contributed by atoms with van der Waals surface area (Å²) in [4.78, 5) is 8.90. The summed E-state index contributed by atoms with van der Waals surface area (Å²) in [5.74, 6) is 1.56. The van der Waals surface area contributed by atoms with E-state index in [2.05, 4.69) is 27.9 Å². The van der Waals surface area contributed by atoms with E-state index in [1.54, 1.807) is 13.3 Å². The lowest BCUT2D eigenvalue weighted by Crippen LogP contribution is -2.12. The molecule has 0 aliphatic rings. The number of nitrogens with one attached hydrogen (secondary N) is 1. The average Bonchev–Trinajstić information content (AvgIpc) is 2.85. The smallest absolute Gasteiger partial charge is 0.237 e. The molecule has 21 heavy (non-hydrogen) atoms. The highest BCUT2D eigenvalue weighted by molar-refractivity contribution is 5.76. The summed E-state index contributed by atoms with van der Waals surface area (Å²) in [7, 11) is 3.65. The van der Waals surface area contributed by atoms with E-state index in [1.165, 1.54) is 0 Å². The molecule has 5 heteroatoms. The molecule has 3 rings (SSSR count). The molecule has 0 fully saturated rings. The molecular formula is C16H18N4O. The number of pyridine rings is 1. The van der Waals surface area contributed by atoms with E-state index < -0.39 is 0 Å². The van der Waals surface area contributed by atoms with Crippen LogP contribution in [0.25, 0.3) is 11.0 Å². The Hall–Kier alpha value is -2.56. The van der Waals surface area contributed by atoms with Crippen LogP contribution in [0.1, 0.15) is 18.8 Å². The molecule has 1 N–H and O–H groups in total. The summed E-state index contributed by atoms with van der Waals surface area (Å²) in [6, 6.07) is 12.0. The summed E-state index contributed by atoms with van der Waals surface area (Å²) in [5.41, 5.74) is 2.99. The van der Waals surface area contributed by atoms with Gasteiger partial charge in [0.15, 0.2) is 0 Å². The molecule has 1 unspecified atom stereocenters. The Bertz CT molecular complexity index is 766. The van der Waals surface area contributed by atoms with Crippen molar-refractivity contribution >= 4 is 16.7 Å². The van der Waals surface area contributed by atoms with E-state index in [9.17, 15) is 0 Å². The monoisotopic (exact) mass is 282 g/mol. The van der Waals surface area contributed by atoms with Gasteiger partial charge in [-0.05, 0) is 31.2 Å². The lowest BCUT2D eigenvalue weighted by atomic mass is 10.3. The van der Waals surface area contributed by atoms with E-state index in [0.29, 0.717) is 5.88 Å². The molecule has 0 radical (unpaired) electrons. The van der Waals surface area contributed by atoms with Crippen LogP contribution in [0.4, 0.5) is 5.69 Å². The van der Waals surface area contributed by atoms with Gasteiger partial charge in [0.2, 0.25) is 5.88 Å². The second-order valence-corrected chi connectivity index (χ2v) is 4.94. The number of methoxy groups -OCH3 is 1. The third-order valence-corrected chi connectivity index (χ3v) is 3.55. The molecule has 5 nitrogen and oxygen atoms in total. The molecular weight excluding hydrogens is 264 g/mol. The first-order valence-corrected chi connectivity index (χ1v) is 6.87. The van der Waals surface area contributed by atoms with Crippen molar-refractivity contribution in [3.63, 3.8) is 0 Å². The van der Waals surface area contributed by atoms with Crippen LogP contribution in [0.5, 0.6) is 5.88 Å². The van der Waals surface area contributed by atoms with Crippen LogP contribution in [0, 0.1) is 0 Å². The molecule has 108 valence electrons. The Balaban J connectivity index is 1.93. The van der Waals surface area contributed by atoms with Crippen LogP contribution in [0.15, 0.2) is 42.6 Å². The van der Waals surface area contributed by atoms with Crippen LogP contribution in [-0.2, 0) is 7.05 Å². The summed E-state index contributed by atoms with van der Waals surface area (Å²) in [6.07, 6.45) is 1.71. The Morgan fingerprint density at radius 2 is 2.00 bits per heavy atom. The van der Waals surface area contributed by atoms with Gasteiger partial charge in [-0.15, -0.1) is 0 Å². The third kappa shape index (κ3) is 2.42. The number of hydrogen-bond acceptors (Lipinski definition) is 4. The second-order valence-electron chi connectivity index (χ2n) is 4.94. The van der Waals surface area contributed by atoms with E-state index in [-0.39, 0.29) is 6.04 Å². The van der Waals surface area contributed by atoms with Gasteiger partial charge in [-0.3, -0.25) is 0 Å². The Labute approximate surface area is 123 Å². The highest BCUT2D eigenvalue weighted by Crippen LogP contribution is 2.26. The predicted octanol–water partition coefficient (Wildman–Crippen LogP) is 3.15. The van der Waals surface area contributed by atoms with Gasteiger partial charge in [-0.2, -0.15) is 0 Å². The topological polar surface area (TPSA) is 52.0 Å². The van der Waals surface area contributed by atoms with Crippen molar-refractivity contribution in [2.24, 2.45) is 7.05 Å².